The van der Waals surface area contributed by atoms with Crippen LogP contribution in [-0.2, 0) is 13.0 Å². The number of nitrogens with one attached hydrogen (secondary N) is 2. The first-order valence-corrected chi connectivity index (χ1v) is 8.05. The van der Waals surface area contributed by atoms with Crippen LogP contribution in [0, 0.1) is 0 Å². The van der Waals surface area contributed by atoms with Gasteiger partial charge in [-0.1, -0.05) is 6.92 Å². The van der Waals surface area contributed by atoms with Crippen molar-refractivity contribution in [3.8, 4) is 0 Å². The molecule has 124 valence electrons. The summed E-state index contributed by atoms with van der Waals surface area (Å²) in [5, 5.41) is 13.6. The Morgan fingerprint density at radius 3 is 3.08 bits per heavy atom. The first-order chi connectivity index (χ1) is 11.7. The van der Waals surface area contributed by atoms with Crippen LogP contribution in [-0.4, -0.2) is 25.8 Å². The normalized spacial score (nSPS) is 14.0. The van der Waals surface area contributed by atoms with Crippen LogP contribution in [0.1, 0.15) is 37.5 Å². The third-order valence-corrected chi connectivity index (χ3v) is 3.99. The highest BCUT2D eigenvalue weighted by Crippen LogP contribution is 2.35. The van der Waals surface area contributed by atoms with Crippen molar-refractivity contribution in [2.24, 2.45) is 0 Å². The molecule has 1 aliphatic rings. The molecule has 0 aliphatic heterocycles. The minimum atomic E-state index is -0.293. The number of anilines is 1. The number of amides is 2. The van der Waals surface area contributed by atoms with E-state index >= 15 is 0 Å². The highest BCUT2D eigenvalue weighted by atomic mass is 16.3. The minimum absolute atomic E-state index is 0.293. The number of hydrogen-bond acceptors (Lipinski definition) is 5. The van der Waals surface area contributed by atoms with Crippen molar-refractivity contribution in [3.05, 3.63) is 36.2 Å². The van der Waals surface area contributed by atoms with Crippen LogP contribution in [0.15, 0.2) is 28.9 Å². The maximum absolute atomic E-state index is 12.1. The minimum Gasteiger partial charge on any atom is -0.441 e. The van der Waals surface area contributed by atoms with Gasteiger partial charge in [0.25, 0.3) is 0 Å². The van der Waals surface area contributed by atoms with E-state index in [-0.39, 0.29) is 6.03 Å². The summed E-state index contributed by atoms with van der Waals surface area (Å²) in [6.45, 7) is 2.33. The molecule has 1 saturated carbocycles. The molecule has 3 aromatic rings. The molecule has 8 heteroatoms. The largest absolute Gasteiger partial charge is 0.441 e. The lowest BCUT2D eigenvalue weighted by Crippen LogP contribution is -2.29. The molecular weight excluding hydrogens is 308 g/mol. The van der Waals surface area contributed by atoms with E-state index in [0.29, 0.717) is 24.2 Å². The van der Waals surface area contributed by atoms with Crippen LogP contribution < -0.4 is 10.6 Å². The zero-order chi connectivity index (χ0) is 16.5. The van der Waals surface area contributed by atoms with Crippen molar-refractivity contribution >= 4 is 22.8 Å². The molecule has 0 unspecified atom stereocenters. The second kappa shape index (κ2) is 5.95. The molecule has 2 amide bonds. The lowest BCUT2D eigenvalue weighted by molar-refractivity contribution is 0.251. The Hall–Kier alpha value is -2.90. The number of oxazole rings is 1. The average molecular weight is 326 g/mol. The maximum atomic E-state index is 12.1. The van der Waals surface area contributed by atoms with E-state index in [1.54, 1.807) is 24.5 Å². The van der Waals surface area contributed by atoms with E-state index in [9.17, 15) is 4.79 Å². The summed E-state index contributed by atoms with van der Waals surface area (Å²) in [6.07, 6.45) is 4.75. The van der Waals surface area contributed by atoms with Crippen molar-refractivity contribution in [1.82, 2.24) is 25.1 Å². The van der Waals surface area contributed by atoms with Crippen molar-refractivity contribution in [2.75, 3.05) is 5.32 Å². The molecule has 0 saturated heterocycles. The smallest absolute Gasteiger partial charge is 0.319 e. The van der Waals surface area contributed by atoms with Crippen molar-refractivity contribution < 1.29 is 9.21 Å². The Labute approximate surface area is 138 Å². The summed E-state index contributed by atoms with van der Waals surface area (Å²) in [6, 6.07) is 5.59. The van der Waals surface area contributed by atoms with Gasteiger partial charge < -0.3 is 19.6 Å². The Morgan fingerprint density at radius 1 is 1.42 bits per heavy atom. The number of carbonyl (C=O) groups is 1. The van der Waals surface area contributed by atoms with Gasteiger partial charge in [-0.05, 0) is 31.0 Å². The summed E-state index contributed by atoms with van der Waals surface area (Å²) in [4.78, 5) is 16.4. The zero-order valence-corrected chi connectivity index (χ0v) is 13.3. The molecule has 0 spiro atoms. The SMILES string of the molecule is CCc1nc2cc(NC(=O)NCc3nncn3C3CC3)ccc2o1. The molecule has 24 heavy (non-hydrogen) atoms. The third-order valence-electron chi connectivity index (χ3n) is 3.99. The topological polar surface area (TPSA) is 97.9 Å². The van der Waals surface area contributed by atoms with Crippen molar-refractivity contribution in [2.45, 2.75) is 38.8 Å². The predicted octanol–water partition coefficient (Wildman–Crippen LogP) is 2.64. The lowest BCUT2D eigenvalue weighted by atomic mass is 10.3. The van der Waals surface area contributed by atoms with Crippen LogP contribution in [0.5, 0.6) is 0 Å². The molecule has 0 atom stereocenters. The Morgan fingerprint density at radius 2 is 2.29 bits per heavy atom. The van der Waals surface area contributed by atoms with Gasteiger partial charge in [-0.25, -0.2) is 9.78 Å². The number of nitrogens with zero attached hydrogens (tertiary/aromatic N) is 4. The van der Waals surface area contributed by atoms with Crippen LogP contribution in [0.2, 0.25) is 0 Å². The van der Waals surface area contributed by atoms with Crippen LogP contribution in [0.25, 0.3) is 11.1 Å². The first kappa shape index (κ1) is 14.7. The van der Waals surface area contributed by atoms with Gasteiger partial charge in [0.1, 0.15) is 11.8 Å². The fourth-order valence-corrected chi connectivity index (χ4v) is 2.59. The van der Waals surface area contributed by atoms with E-state index in [2.05, 4.69) is 25.8 Å². The molecule has 0 bridgehead atoms. The third kappa shape index (κ3) is 2.94. The van der Waals surface area contributed by atoms with Gasteiger partial charge in [-0.3, -0.25) is 0 Å². The second-order valence-corrected chi connectivity index (χ2v) is 5.84. The first-order valence-electron chi connectivity index (χ1n) is 8.05. The summed E-state index contributed by atoms with van der Waals surface area (Å²) in [5.74, 6) is 1.46. The van der Waals surface area contributed by atoms with E-state index in [0.717, 1.165) is 36.2 Å². The highest BCUT2D eigenvalue weighted by Gasteiger charge is 2.26. The molecule has 2 aromatic heterocycles. The molecule has 0 radical (unpaired) electrons. The fourth-order valence-electron chi connectivity index (χ4n) is 2.59. The number of aryl methyl sites for hydroxylation is 1. The van der Waals surface area contributed by atoms with Crippen molar-refractivity contribution in [3.63, 3.8) is 0 Å². The van der Waals surface area contributed by atoms with Crippen molar-refractivity contribution in [1.29, 1.82) is 0 Å². The summed E-state index contributed by atoms with van der Waals surface area (Å²) in [7, 11) is 0. The molecule has 2 heterocycles. The van der Waals surface area contributed by atoms with Gasteiger partial charge in [-0.2, -0.15) is 0 Å². The molecule has 8 nitrogen and oxygen atoms in total. The predicted molar refractivity (Wildman–Crippen MR) is 87.5 cm³/mol. The summed E-state index contributed by atoms with van der Waals surface area (Å²) < 4.78 is 7.58. The number of aromatic nitrogens is 4. The molecule has 1 aromatic carbocycles. The zero-order valence-electron chi connectivity index (χ0n) is 13.3. The number of carbonyl (C=O) groups excluding carboxylic acids is 1. The average Bonchev–Trinajstić information content (AvgIpc) is 3.17. The van der Waals surface area contributed by atoms with E-state index in [1.165, 1.54) is 0 Å². The molecule has 1 fully saturated rings. The van der Waals surface area contributed by atoms with Gasteiger partial charge >= 0.3 is 6.03 Å². The monoisotopic (exact) mass is 326 g/mol. The van der Waals surface area contributed by atoms with Gasteiger partial charge in [0.2, 0.25) is 0 Å². The van der Waals surface area contributed by atoms with Gasteiger partial charge in [0.05, 0.1) is 6.54 Å². The Balaban J connectivity index is 1.39. The maximum Gasteiger partial charge on any atom is 0.319 e. The van der Waals surface area contributed by atoms with Gasteiger partial charge in [-0.15, -0.1) is 10.2 Å². The number of fused-ring (bicyclic) bond motifs is 1. The quantitative estimate of drug-likeness (QED) is 0.751. The number of urea groups is 1. The number of benzene rings is 1. The van der Waals surface area contributed by atoms with Crippen LogP contribution in [0.3, 0.4) is 0 Å². The lowest BCUT2D eigenvalue weighted by Gasteiger charge is -2.08. The highest BCUT2D eigenvalue weighted by molar-refractivity contribution is 5.91. The molecule has 1 aliphatic carbocycles. The summed E-state index contributed by atoms with van der Waals surface area (Å²) in [5.41, 5.74) is 2.12. The van der Waals surface area contributed by atoms with E-state index < -0.39 is 0 Å². The molecule has 2 N–H and O–H groups in total. The molecule has 4 rings (SSSR count). The second-order valence-electron chi connectivity index (χ2n) is 5.84. The number of rotatable bonds is 5. The van der Waals surface area contributed by atoms with E-state index in [4.69, 9.17) is 4.42 Å². The van der Waals surface area contributed by atoms with E-state index in [1.807, 2.05) is 11.5 Å². The van der Waals surface area contributed by atoms with Gasteiger partial charge in [0.15, 0.2) is 17.3 Å². The van der Waals surface area contributed by atoms with Crippen LogP contribution >= 0.6 is 0 Å². The molecular formula is C16H18N6O2. The van der Waals surface area contributed by atoms with Gasteiger partial charge in [0, 0.05) is 18.2 Å². The standard InChI is InChI=1S/C16H18N6O2/c1-2-15-20-12-7-10(3-6-13(12)24-15)19-16(23)17-8-14-21-18-9-22(14)11-4-5-11/h3,6-7,9,11H,2,4-5,8H2,1H3,(H2,17,19,23). The Bertz CT molecular complexity index is 880. The fraction of sp³-hybridized carbons (Fsp3) is 0.375. The van der Waals surface area contributed by atoms with Crippen LogP contribution in [0.4, 0.5) is 10.5 Å². The summed E-state index contributed by atoms with van der Waals surface area (Å²) >= 11 is 0. The Kier molecular flexibility index (Phi) is 3.64. The number of hydrogen-bond donors (Lipinski definition) is 2.